The Labute approximate surface area is 107 Å². The van der Waals surface area contributed by atoms with Crippen molar-refractivity contribution in [3.05, 3.63) is 36.0 Å². The first-order chi connectivity index (χ1) is 8.77. The van der Waals surface area contributed by atoms with E-state index in [1.807, 2.05) is 36.2 Å². The minimum atomic E-state index is -0.0563. The van der Waals surface area contributed by atoms with E-state index in [4.69, 9.17) is 0 Å². The molecule has 1 amide bonds. The lowest BCUT2D eigenvalue weighted by molar-refractivity contribution is -0.131. The predicted octanol–water partition coefficient (Wildman–Crippen LogP) is 2.89. The molecular formula is C15H18N2O. The van der Waals surface area contributed by atoms with E-state index < -0.39 is 0 Å². The number of hydrogen-bond acceptors (Lipinski definition) is 1. The molecule has 2 heterocycles. The summed E-state index contributed by atoms with van der Waals surface area (Å²) < 4.78 is 0. The molecule has 1 aromatic heterocycles. The average Bonchev–Trinajstić information content (AvgIpc) is 3.06. The van der Waals surface area contributed by atoms with E-state index in [1.165, 1.54) is 0 Å². The summed E-state index contributed by atoms with van der Waals surface area (Å²) in [5.41, 5.74) is 2.22. The number of fused-ring (bicyclic) bond motifs is 1. The van der Waals surface area contributed by atoms with Gasteiger partial charge in [0.25, 0.3) is 0 Å². The van der Waals surface area contributed by atoms with Gasteiger partial charge in [0.2, 0.25) is 5.91 Å². The minimum Gasteiger partial charge on any atom is -0.361 e. The maximum absolute atomic E-state index is 12.4. The second-order valence-corrected chi connectivity index (χ2v) is 5.04. The SMILES string of the molecule is CC(C(=O)N1CCCC1)c1c[nH]c2ccccc12. The Balaban J connectivity index is 1.91. The monoisotopic (exact) mass is 242 g/mol. The zero-order chi connectivity index (χ0) is 12.5. The van der Waals surface area contributed by atoms with Crippen molar-refractivity contribution >= 4 is 16.8 Å². The molecule has 1 aliphatic rings. The third-order valence-corrected chi connectivity index (χ3v) is 3.88. The minimum absolute atomic E-state index is 0.0563. The van der Waals surface area contributed by atoms with E-state index >= 15 is 0 Å². The summed E-state index contributed by atoms with van der Waals surface area (Å²) in [6.07, 6.45) is 4.27. The van der Waals surface area contributed by atoms with Crippen molar-refractivity contribution in [3.8, 4) is 0 Å². The molecule has 1 unspecified atom stereocenters. The van der Waals surface area contributed by atoms with E-state index in [1.54, 1.807) is 0 Å². The van der Waals surface area contributed by atoms with Crippen molar-refractivity contribution in [2.24, 2.45) is 0 Å². The van der Waals surface area contributed by atoms with Crippen LogP contribution >= 0.6 is 0 Å². The smallest absolute Gasteiger partial charge is 0.229 e. The third kappa shape index (κ3) is 1.80. The Morgan fingerprint density at radius 3 is 2.78 bits per heavy atom. The van der Waals surface area contributed by atoms with Gasteiger partial charge in [0, 0.05) is 30.2 Å². The van der Waals surface area contributed by atoms with E-state index in [-0.39, 0.29) is 11.8 Å². The molecule has 3 heteroatoms. The van der Waals surface area contributed by atoms with Crippen LogP contribution in [0.3, 0.4) is 0 Å². The number of carbonyl (C=O) groups is 1. The zero-order valence-electron chi connectivity index (χ0n) is 10.6. The third-order valence-electron chi connectivity index (χ3n) is 3.88. The number of nitrogens with zero attached hydrogens (tertiary/aromatic N) is 1. The Hall–Kier alpha value is -1.77. The molecule has 3 nitrogen and oxygen atoms in total. The summed E-state index contributed by atoms with van der Waals surface area (Å²) in [5, 5.41) is 1.16. The van der Waals surface area contributed by atoms with Crippen LogP contribution in [0, 0.1) is 0 Å². The number of likely N-dealkylation sites (tertiary alicyclic amines) is 1. The van der Waals surface area contributed by atoms with Crippen molar-refractivity contribution < 1.29 is 4.79 Å². The van der Waals surface area contributed by atoms with Crippen LogP contribution in [0.4, 0.5) is 0 Å². The fourth-order valence-electron chi connectivity index (χ4n) is 2.80. The summed E-state index contributed by atoms with van der Waals surface area (Å²) in [7, 11) is 0. The first-order valence-corrected chi connectivity index (χ1v) is 6.62. The van der Waals surface area contributed by atoms with Crippen LogP contribution in [-0.4, -0.2) is 28.9 Å². The highest BCUT2D eigenvalue weighted by Gasteiger charge is 2.25. The van der Waals surface area contributed by atoms with E-state index in [0.717, 1.165) is 42.4 Å². The molecule has 1 atom stereocenters. The molecule has 1 aliphatic heterocycles. The number of aromatic nitrogens is 1. The molecule has 1 fully saturated rings. The number of benzene rings is 1. The Morgan fingerprint density at radius 2 is 2.00 bits per heavy atom. The number of amides is 1. The Kier molecular flexibility index (Phi) is 2.82. The molecule has 0 aliphatic carbocycles. The van der Waals surface area contributed by atoms with Gasteiger partial charge in [-0.3, -0.25) is 4.79 Å². The second kappa shape index (κ2) is 4.48. The van der Waals surface area contributed by atoms with Gasteiger partial charge < -0.3 is 9.88 Å². The highest BCUT2D eigenvalue weighted by Crippen LogP contribution is 2.27. The lowest BCUT2D eigenvalue weighted by Crippen LogP contribution is -2.31. The molecular weight excluding hydrogens is 224 g/mol. The van der Waals surface area contributed by atoms with Gasteiger partial charge in [-0.1, -0.05) is 18.2 Å². The standard InChI is InChI=1S/C15H18N2O/c1-11(15(18)17-8-4-5-9-17)13-10-16-14-7-3-2-6-12(13)14/h2-3,6-7,10-11,16H,4-5,8-9H2,1H3. The molecule has 2 aromatic rings. The summed E-state index contributed by atoms with van der Waals surface area (Å²) >= 11 is 0. The van der Waals surface area contributed by atoms with Gasteiger partial charge in [-0.2, -0.15) is 0 Å². The van der Waals surface area contributed by atoms with Crippen molar-refractivity contribution in [3.63, 3.8) is 0 Å². The molecule has 1 N–H and O–H groups in total. The molecule has 0 spiro atoms. The zero-order valence-corrected chi connectivity index (χ0v) is 10.6. The van der Waals surface area contributed by atoms with Crippen LogP contribution in [-0.2, 0) is 4.79 Å². The molecule has 3 rings (SSSR count). The molecule has 1 saturated heterocycles. The molecule has 94 valence electrons. The quantitative estimate of drug-likeness (QED) is 0.863. The number of carbonyl (C=O) groups excluding carboxylic acids is 1. The lowest BCUT2D eigenvalue weighted by atomic mass is 9.99. The molecule has 1 aromatic carbocycles. The number of H-pyrrole nitrogens is 1. The highest BCUT2D eigenvalue weighted by atomic mass is 16.2. The Bertz CT molecular complexity index is 567. The van der Waals surface area contributed by atoms with Crippen molar-refractivity contribution in [2.45, 2.75) is 25.7 Å². The van der Waals surface area contributed by atoms with Crippen LogP contribution in [0.5, 0.6) is 0 Å². The summed E-state index contributed by atoms with van der Waals surface area (Å²) in [5.74, 6) is 0.205. The van der Waals surface area contributed by atoms with Gasteiger partial charge in [-0.25, -0.2) is 0 Å². The van der Waals surface area contributed by atoms with Gasteiger partial charge in [0.1, 0.15) is 0 Å². The lowest BCUT2D eigenvalue weighted by Gasteiger charge is -2.20. The fourth-order valence-corrected chi connectivity index (χ4v) is 2.80. The maximum Gasteiger partial charge on any atom is 0.229 e. The van der Waals surface area contributed by atoms with Crippen molar-refractivity contribution in [2.75, 3.05) is 13.1 Å². The van der Waals surface area contributed by atoms with Crippen LogP contribution in [0.25, 0.3) is 10.9 Å². The molecule has 0 radical (unpaired) electrons. The van der Waals surface area contributed by atoms with E-state index in [9.17, 15) is 4.79 Å². The van der Waals surface area contributed by atoms with Crippen LogP contribution in [0.2, 0.25) is 0 Å². The van der Waals surface area contributed by atoms with Crippen LogP contribution in [0.15, 0.2) is 30.5 Å². The summed E-state index contributed by atoms with van der Waals surface area (Å²) in [4.78, 5) is 17.6. The van der Waals surface area contributed by atoms with Gasteiger partial charge in [-0.05, 0) is 31.4 Å². The van der Waals surface area contributed by atoms with Gasteiger partial charge in [-0.15, -0.1) is 0 Å². The van der Waals surface area contributed by atoms with Crippen molar-refractivity contribution in [1.82, 2.24) is 9.88 Å². The molecule has 0 saturated carbocycles. The van der Waals surface area contributed by atoms with E-state index in [0.29, 0.717) is 0 Å². The number of aromatic amines is 1. The largest absolute Gasteiger partial charge is 0.361 e. The topological polar surface area (TPSA) is 36.1 Å². The summed E-state index contributed by atoms with van der Waals surface area (Å²) in [6.45, 7) is 3.85. The first kappa shape index (κ1) is 11.3. The Morgan fingerprint density at radius 1 is 1.28 bits per heavy atom. The number of rotatable bonds is 2. The maximum atomic E-state index is 12.4. The number of nitrogens with one attached hydrogen (secondary N) is 1. The molecule has 18 heavy (non-hydrogen) atoms. The number of para-hydroxylation sites is 1. The van der Waals surface area contributed by atoms with Gasteiger partial charge in [0.15, 0.2) is 0 Å². The van der Waals surface area contributed by atoms with Crippen LogP contribution < -0.4 is 0 Å². The predicted molar refractivity (Wildman–Crippen MR) is 72.5 cm³/mol. The highest BCUT2D eigenvalue weighted by molar-refractivity contribution is 5.91. The summed E-state index contributed by atoms with van der Waals surface area (Å²) in [6, 6.07) is 8.16. The fraction of sp³-hybridized carbons (Fsp3) is 0.400. The molecule has 0 bridgehead atoms. The van der Waals surface area contributed by atoms with E-state index in [2.05, 4.69) is 11.1 Å². The van der Waals surface area contributed by atoms with Crippen molar-refractivity contribution in [1.29, 1.82) is 0 Å². The normalized spacial score (nSPS) is 17.3. The van der Waals surface area contributed by atoms with Gasteiger partial charge >= 0.3 is 0 Å². The first-order valence-electron chi connectivity index (χ1n) is 6.62. The van der Waals surface area contributed by atoms with Gasteiger partial charge in [0.05, 0.1) is 5.92 Å². The average molecular weight is 242 g/mol. The number of hydrogen-bond donors (Lipinski definition) is 1. The second-order valence-electron chi connectivity index (χ2n) is 5.04. The van der Waals surface area contributed by atoms with Crippen LogP contribution in [0.1, 0.15) is 31.2 Å².